The first-order valence-electron chi connectivity index (χ1n) is 8.20. The van der Waals surface area contributed by atoms with Crippen LogP contribution in [0.1, 0.15) is 24.1 Å². The highest BCUT2D eigenvalue weighted by molar-refractivity contribution is 5.69. The average Bonchev–Trinajstić information content (AvgIpc) is 2.92. The van der Waals surface area contributed by atoms with E-state index in [2.05, 4.69) is 28.7 Å². The van der Waals surface area contributed by atoms with Crippen LogP contribution in [-0.4, -0.2) is 9.55 Å². The number of rotatable bonds is 2. The molecule has 116 valence electrons. The number of hydrogen-bond acceptors (Lipinski definition) is 1. The van der Waals surface area contributed by atoms with Crippen LogP contribution in [0.5, 0.6) is 0 Å². The van der Waals surface area contributed by atoms with E-state index in [9.17, 15) is 4.79 Å². The highest BCUT2D eigenvalue weighted by Gasteiger charge is 2.17. The van der Waals surface area contributed by atoms with Gasteiger partial charge >= 0.3 is 0 Å². The van der Waals surface area contributed by atoms with Gasteiger partial charge in [0.2, 0.25) is 5.56 Å². The molecule has 2 aromatic heterocycles. The molecule has 23 heavy (non-hydrogen) atoms. The van der Waals surface area contributed by atoms with Crippen molar-refractivity contribution in [1.82, 2.24) is 9.55 Å². The first kappa shape index (κ1) is 14.1. The minimum atomic E-state index is -0.0551. The second-order valence-corrected chi connectivity index (χ2v) is 6.28. The van der Waals surface area contributed by atoms with Crippen molar-refractivity contribution >= 4 is 0 Å². The van der Waals surface area contributed by atoms with Crippen molar-refractivity contribution in [1.29, 1.82) is 0 Å². The molecule has 3 nitrogen and oxygen atoms in total. The van der Waals surface area contributed by atoms with Crippen LogP contribution in [0, 0.1) is 0 Å². The van der Waals surface area contributed by atoms with E-state index in [1.54, 1.807) is 6.07 Å². The zero-order valence-electron chi connectivity index (χ0n) is 13.3. The van der Waals surface area contributed by atoms with E-state index in [1.165, 1.54) is 24.1 Å². The van der Waals surface area contributed by atoms with E-state index < -0.39 is 0 Å². The third-order valence-corrected chi connectivity index (χ3v) is 4.78. The molecule has 2 heterocycles. The molecule has 0 aliphatic heterocycles. The van der Waals surface area contributed by atoms with E-state index >= 15 is 0 Å². The summed E-state index contributed by atoms with van der Waals surface area (Å²) < 4.78 is 2.26. The van der Waals surface area contributed by atoms with Crippen LogP contribution in [0.4, 0.5) is 0 Å². The first-order chi connectivity index (χ1) is 11.2. The standard InChI is InChI=1S/C20H20N2O/c1-22-18-10-6-5-9-15(18)12-19(22)16-11-17(21-20(23)13-16)14-7-3-2-4-8-14/h2-4,7-8,11-13H,5-6,9-10H2,1H3,(H,21,23). The smallest absolute Gasteiger partial charge is 0.249 e. The van der Waals surface area contributed by atoms with Gasteiger partial charge in [-0.15, -0.1) is 0 Å². The van der Waals surface area contributed by atoms with Gasteiger partial charge < -0.3 is 9.55 Å². The molecular weight excluding hydrogens is 284 g/mol. The number of hydrogen-bond donors (Lipinski definition) is 1. The minimum Gasteiger partial charge on any atom is -0.347 e. The van der Waals surface area contributed by atoms with Crippen molar-refractivity contribution in [3.05, 3.63) is 70.1 Å². The maximum Gasteiger partial charge on any atom is 0.249 e. The van der Waals surface area contributed by atoms with Gasteiger partial charge in [-0.3, -0.25) is 4.79 Å². The van der Waals surface area contributed by atoms with Crippen LogP contribution in [-0.2, 0) is 19.9 Å². The zero-order valence-corrected chi connectivity index (χ0v) is 13.3. The van der Waals surface area contributed by atoms with Gasteiger partial charge in [-0.05, 0) is 48.9 Å². The Labute approximate surface area is 135 Å². The molecule has 0 saturated heterocycles. The topological polar surface area (TPSA) is 37.8 Å². The van der Waals surface area contributed by atoms with Crippen LogP contribution in [0.25, 0.3) is 22.5 Å². The Kier molecular flexibility index (Phi) is 3.41. The van der Waals surface area contributed by atoms with Crippen molar-refractivity contribution in [2.24, 2.45) is 7.05 Å². The number of fused-ring (bicyclic) bond motifs is 1. The summed E-state index contributed by atoms with van der Waals surface area (Å²) in [4.78, 5) is 15.1. The number of pyridine rings is 1. The van der Waals surface area contributed by atoms with Gasteiger partial charge in [0, 0.05) is 35.8 Å². The minimum absolute atomic E-state index is 0.0551. The summed E-state index contributed by atoms with van der Waals surface area (Å²) in [5.41, 5.74) is 6.84. The van der Waals surface area contributed by atoms with Crippen LogP contribution in [0.3, 0.4) is 0 Å². The second kappa shape index (κ2) is 5.58. The Morgan fingerprint density at radius 1 is 0.957 bits per heavy atom. The van der Waals surface area contributed by atoms with E-state index in [0.29, 0.717) is 0 Å². The molecule has 3 aromatic rings. The fraction of sp³-hybridized carbons (Fsp3) is 0.250. The van der Waals surface area contributed by atoms with Crippen molar-refractivity contribution < 1.29 is 0 Å². The summed E-state index contributed by atoms with van der Waals surface area (Å²) in [6.45, 7) is 0. The summed E-state index contributed by atoms with van der Waals surface area (Å²) >= 11 is 0. The number of nitrogens with one attached hydrogen (secondary N) is 1. The Morgan fingerprint density at radius 2 is 1.74 bits per heavy atom. The first-order valence-corrected chi connectivity index (χ1v) is 8.20. The van der Waals surface area contributed by atoms with Crippen molar-refractivity contribution in [3.63, 3.8) is 0 Å². The Morgan fingerprint density at radius 3 is 2.52 bits per heavy atom. The predicted molar refractivity (Wildman–Crippen MR) is 93.5 cm³/mol. The third kappa shape index (κ3) is 2.52. The van der Waals surface area contributed by atoms with Gasteiger partial charge in [0.15, 0.2) is 0 Å². The van der Waals surface area contributed by atoms with Crippen LogP contribution < -0.4 is 5.56 Å². The summed E-state index contributed by atoms with van der Waals surface area (Å²) in [6.07, 6.45) is 4.81. The lowest BCUT2D eigenvalue weighted by Gasteiger charge is -2.13. The van der Waals surface area contributed by atoms with Crippen LogP contribution in [0.2, 0.25) is 0 Å². The molecule has 3 heteroatoms. The molecule has 0 radical (unpaired) electrons. The molecule has 1 aliphatic carbocycles. The van der Waals surface area contributed by atoms with Crippen molar-refractivity contribution in [2.45, 2.75) is 25.7 Å². The van der Waals surface area contributed by atoms with E-state index in [4.69, 9.17) is 0 Å². The lowest BCUT2D eigenvalue weighted by molar-refractivity contribution is 0.649. The molecule has 4 rings (SSSR count). The summed E-state index contributed by atoms with van der Waals surface area (Å²) in [5, 5.41) is 0. The molecular formula is C20H20N2O. The van der Waals surface area contributed by atoms with Gasteiger partial charge in [0.25, 0.3) is 0 Å². The third-order valence-electron chi connectivity index (χ3n) is 4.78. The number of nitrogens with zero attached hydrogens (tertiary/aromatic N) is 1. The van der Waals surface area contributed by atoms with Crippen molar-refractivity contribution in [3.8, 4) is 22.5 Å². The fourth-order valence-corrected chi connectivity index (χ4v) is 3.60. The SMILES string of the molecule is Cn1c(-c2cc(-c3ccccc3)[nH]c(=O)c2)cc2c1CCCC2. The van der Waals surface area contributed by atoms with Gasteiger partial charge in [0.1, 0.15) is 0 Å². The summed E-state index contributed by atoms with van der Waals surface area (Å²) in [6, 6.07) is 16.0. The quantitative estimate of drug-likeness (QED) is 0.765. The molecule has 0 unspecified atom stereocenters. The van der Waals surface area contributed by atoms with Gasteiger partial charge in [-0.25, -0.2) is 0 Å². The van der Waals surface area contributed by atoms with E-state index in [1.807, 2.05) is 30.3 Å². The molecule has 1 aromatic carbocycles. The lowest BCUT2D eigenvalue weighted by atomic mass is 9.98. The summed E-state index contributed by atoms with van der Waals surface area (Å²) in [5.74, 6) is 0. The Bertz CT molecular complexity index is 903. The molecule has 0 saturated carbocycles. The lowest BCUT2D eigenvalue weighted by Crippen LogP contribution is -2.08. The highest BCUT2D eigenvalue weighted by Crippen LogP contribution is 2.30. The van der Waals surface area contributed by atoms with E-state index in [-0.39, 0.29) is 5.56 Å². The number of aryl methyl sites for hydroxylation is 1. The van der Waals surface area contributed by atoms with Crippen LogP contribution >= 0.6 is 0 Å². The fourth-order valence-electron chi connectivity index (χ4n) is 3.60. The number of aromatic nitrogens is 2. The molecule has 0 spiro atoms. The normalized spacial score (nSPS) is 13.8. The highest BCUT2D eigenvalue weighted by atomic mass is 16.1. The van der Waals surface area contributed by atoms with Gasteiger partial charge in [-0.1, -0.05) is 30.3 Å². The molecule has 1 aliphatic rings. The molecule has 0 bridgehead atoms. The molecule has 1 N–H and O–H groups in total. The zero-order chi connectivity index (χ0) is 15.8. The average molecular weight is 304 g/mol. The Balaban J connectivity index is 1.86. The van der Waals surface area contributed by atoms with Gasteiger partial charge in [-0.2, -0.15) is 0 Å². The maximum atomic E-state index is 12.1. The predicted octanol–water partition coefficient (Wildman–Crippen LogP) is 3.93. The maximum absolute atomic E-state index is 12.1. The number of H-pyrrole nitrogens is 1. The van der Waals surface area contributed by atoms with E-state index in [0.717, 1.165) is 35.4 Å². The van der Waals surface area contributed by atoms with Crippen LogP contribution in [0.15, 0.2) is 53.3 Å². The second-order valence-electron chi connectivity index (χ2n) is 6.28. The summed E-state index contributed by atoms with van der Waals surface area (Å²) in [7, 11) is 2.11. The monoisotopic (exact) mass is 304 g/mol. The number of benzene rings is 1. The Hall–Kier alpha value is -2.55. The molecule has 0 amide bonds. The number of aromatic amines is 1. The molecule has 0 atom stereocenters. The largest absolute Gasteiger partial charge is 0.347 e. The van der Waals surface area contributed by atoms with Gasteiger partial charge in [0.05, 0.1) is 0 Å². The van der Waals surface area contributed by atoms with Crippen molar-refractivity contribution in [2.75, 3.05) is 0 Å². The molecule has 0 fully saturated rings.